The van der Waals surface area contributed by atoms with Crippen molar-refractivity contribution in [2.45, 2.75) is 0 Å². The highest BCUT2D eigenvalue weighted by atomic mass is 79.9. The van der Waals surface area contributed by atoms with Gasteiger partial charge in [-0.3, -0.25) is 4.79 Å². The van der Waals surface area contributed by atoms with Crippen LogP contribution in [0.15, 0.2) is 44.1 Å². The lowest BCUT2D eigenvalue weighted by Gasteiger charge is -2.12. The number of hydrogen-bond donors (Lipinski definition) is 0. The van der Waals surface area contributed by atoms with Crippen LogP contribution in [0.4, 0.5) is 0 Å². The molecular weight excluding hydrogens is 386 g/mol. The lowest BCUT2D eigenvalue weighted by Crippen LogP contribution is -2.18. The van der Waals surface area contributed by atoms with E-state index in [1.165, 1.54) is 0 Å². The number of terminal acetylenes is 1. The fourth-order valence-corrected chi connectivity index (χ4v) is 2.75. The Balaban J connectivity index is 2.47. The number of hydrogen-bond acceptors (Lipinski definition) is 2. The van der Waals surface area contributed by atoms with Crippen LogP contribution in [-0.4, -0.2) is 11.2 Å². The number of ether oxygens (including phenoxy) is 1. The summed E-state index contributed by atoms with van der Waals surface area (Å²) >= 11 is 6.72. The van der Waals surface area contributed by atoms with Crippen LogP contribution in [0, 0.1) is 12.3 Å². The topological polar surface area (TPSA) is 31.2 Å². The molecule has 0 radical (unpaired) electrons. The van der Waals surface area contributed by atoms with E-state index in [1.807, 2.05) is 24.3 Å². The molecule has 0 saturated heterocycles. The summed E-state index contributed by atoms with van der Waals surface area (Å²) in [6.45, 7) is 0.225. The molecule has 0 amide bonds. The Hall–Kier alpha value is -1.51. The summed E-state index contributed by atoms with van der Waals surface area (Å²) < 4.78 is 8.32. The van der Waals surface area contributed by atoms with E-state index in [1.54, 1.807) is 17.7 Å². The molecule has 0 bridgehead atoms. The first-order valence-electron chi connectivity index (χ1n) is 5.76. The summed E-state index contributed by atoms with van der Waals surface area (Å²) in [5, 5.41) is 0. The van der Waals surface area contributed by atoms with Gasteiger partial charge in [-0.2, -0.15) is 0 Å². The molecule has 20 heavy (non-hydrogen) atoms. The average molecular weight is 397 g/mol. The molecule has 3 nitrogen and oxygen atoms in total. The van der Waals surface area contributed by atoms with Gasteiger partial charge in [0.05, 0.1) is 10.2 Å². The van der Waals surface area contributed by atoms with Crippen LogP contribution in [0.5, 0.6) is 5.75 Å². The molecule has 1 aromatic heterocycles. The smallest absolute Gasteiger partial charge is 0.265 e. The van der Waals surface area contributed by atoms with Crippen LogP contribution in [0.1, 0.15) is 0 Å². The zero-order valence-electron chi connectivity index (χ0n) is 10.7. The van der Waals surface area contributed by atoms with Gasteiger partial charge in [0.2, 0.25) is 0 Å². The summed E-state index contributed by atoms with van der Waals surface area (Å²) in [7, 11) is 1.73. The predicted molar refractivity (Wildman–Crippen MR) is 86.8 cm³/mol. The van der Waals surface area contributed by atoms with Crippen molar-refractivity contribution >= 4 is 31.9 Å². The zero-order chi connectivity index (χ0) is 14.7. The molecule has 0 unspecified atom stereocenters. The van der Waals surface area contributed by atoms with Crippen molar-refractivity contribution in [1.82, 2.24) is 4.57 Å². The van der Waals surface area contributed by atoms with Gasteiger partial charge in [-0.15, -0.1) is 6.42 Å². The molecule has 0 aliphatic heterocycles. The Morgan fingerprint density at radius 2 is 2.00 bits per heavy atom. The lowest BCUT2D eigenvalue weighted by molar-refractivity contribution is 0.370. The van der Waals surface area contributed by atoms with Crippen molar-refractivity contribution in [3.8, 4) is 29.4 Å². The molecule has 0 atom stereocenters. The number of benzene rings is 1. The lowest BCUT2D eigenvalue weighted by atomic mass is 10.1. The zero-order valence-corrected chi connectivity index (χ0v) is 13.9. The third-order valence-electron chi connectivity index (χ3n) is 2.80. The Morgan fingerprint density at radius 1 is 1.25 bits per heavy atom. The second-order valence-electron chi connectivity index (χ2n) is 4.07. The molecule has 0 aliphatic carbocycles. The van der Waals surface area contributed by atoms with Gasteiger partial charge >= 0.3 is 0 Å². The van der Waals surface area contributed by atoms with Crippen LogP contribution in [-0.2, 0) is 7.05 Å². The highest BCUT2D eigenvalue weighted by Gasteiger charge is 2.10. The van der Waals surface area contributed by atoms with Gasteiger partial charge < -0.3 is 9.30 Å². The number of pyridine rings is 1. The largest absolute Gasteiger partial charge is 0.481 e. The van der Waals surface area contributed by atoms with Gasteiger partial charge in [-0.25, -0.2) is 0 Å². The Labute approximate surface area is 133 Å². The van der Waals surface area contributed by atoms with Gasteiger partial charge in [0, 0.05) is 17.1 Å². The first-order chi connectivity index (χ1) is 9.54. The number of rotatable bonds is 3. The SMILES string of the molecule is C#CCOc1ccc(-c2ccc(Br)c(=O)n2C)c(Br)c1. The molecular formula is C15H11Br2NO2. The first-order valence-corrected chi connectivity index (χ1v) is 7.35. The van der Waals surface area contributed by atoms with E-state index < -0.39 is 0 Å². The van der Waals surface area contributed by atoms with Gasteiger partial charge in [-0.1, -0.05) is 5.92 Å². The molecule has 1 aromatic carbocycles. The molecule has 0 aliphatic rings. The van der Waals surface area contributed by atoms with Gasteiger partial charge in [0.25, 0.3) is 5.56 Å². The van der Waals surface area contributed by atoms with E-state index in [-0.39, 0.29) is 12.2 Å². The van der Waals surface area contributed by atoms with Crippen LogP contribution >= 0.6 is 31.9 Å². The minimum absolute atomic E-state index is 0.0814. The quantitative estimate of drug-likeness (QED) is 0.742. The van der Waals surface area contributed by atoms with Crippen LogP contribution in [0.2, 0.25) is 0 Å². The summed E-state index contributed by atoms with van der Waals surface area (Å²) in [4.78, 5) is 11.9. The van der Waals surface area contributed by atoms with Crippen molar-refractivity contribution in [2.24, 2.45) is 7.05 Å². The predicted octanol–water partition coefficient (Wildman–Crippen LogP) is 3.59. The number of aromatic nitrogens is 1. The van der Waals surface area contributed by atoms with E-state index in [9.17, 15) is 4.79 Å². The fourth-order valence-electron chi connectivity index (χ4n) is 1.79. The maximum Gasteiger partial charge on any atom is 0.265 e. The average Bonchev–Trinajstić information content (AvgIpc) is 2.44. The molecule has 0 N–H and O–H groups in total. The molecule has 0 saturated carbocycles. The molecule has 0 spiro atoms. The first kappa shape index (κ1) is 14.9. The molecule has 102 valence electrons. The summed E-state index contributed by atoms with van der Waals surface area (Å²) in [5.41, 5.74) is 1.64. The number of nitrogens with zero attached hydrogens (tertiary/aromatic N) is 1. The van der Waals surface area contributed by atoms with Crippen molar-refractivity contribution in [1.29, 1.82) is 0 Å². The molecule has 2 rings (SSSR count). The van der Waals surface area contributed by atoms with E-state index in [2.05, 4.69) is 37.8 Å². The molecule has 0 fully saturated rings. The summed E-state index contributed by atoms with van der Waals surface area (Å²) in [6, 6.07) is 9.17. The standard InChI is InChI=1S/C15H11Br2NO2/c1-3-8-20-10-4-5-11(13(17)9-10)14-7-6-12(16)15(19)18(14)2/h1,4-7,9H,8H2,2H3. The number of halogens is 2. The Kier molecular flexibility index (Phi) is 4.69. The van der Waals surface area contributed by atoms with Crippen molar-refractivity contribution in [3.05, 3.63) is 49.6 Å². The van der Waals surface area contributed by atoms with Crippen molar-refractivity contribution < 1.29 is 4.74 Å². The fraction of sp³-hybridized carbons (Fsp3) is 0.133. The summed E-state index contributed by atoms with van der Waals surface area (Å²) in [5.74, 6) is 3.10. The molecule has 5 heteroatoms. The third kappa shape index (κ3) is 2.97. The molecule has 2 aromatic rings. The minimum atomic E-state index is -0.0814. The summed E-state index contributed by atoms with van der Waals surface area (Å²) in [6.07, 6.45) is 5.16. The third-order valence-corrected chi connectivity index (χ3v) is 4.06. The van der Waals surface area contributed by atoms with Crippen LogP contribution in [0.25, 0.3) is 11.3 Å². The second kappa shape index (κ2) is 6.29. The Morgan fingerprint density at radius 3 is 2.65 bits per heavy atom. The van der Waals surface area contributed by atoms with E-state index in [0.717, 1.165) is 15.7 Å². The van der Waals surface area contributed by atoms with Crippen molar-refractivity contribution in [2.75, 3.05) is 6.61 Å². The van der Waals surface area contributed by atoms with Crippen LogP contribution in [0.3, 0.4) is 0 Å². The van der Waals surface area contributed by atoms with E-state index in [0.29, 0.717) is 10.2 Å². The molecule has 1 heterocycles. The van der Waals surface area contributed by atoms with Gasteiger partial charge in [-0.05, 0) is 62.2 Å². The van der Waals surface area contributed by atoms with E-state index >= 15 is 0 Å². The Bertz CT molecular complexity index is 745. The maximum atomic E-state index is 11.9. The van der Waals surface area contributed by atoms with Gasteiger partial charge in [0.1, 0.15) is 12.4 Å². The highest BCUT2D eigenvalue weighted by molar-refractivity contribution is 9.10. The maximum absolute atomic E-state index is 11.9. The van der Waals surface area contributed by atoms with Gasteiger partial charge in [0.15, 0.2) is 0 Å². The van der Waals surface area contributed by atoms with E-state index in [4.69, 9.17) is 11.2 Å². The second-order valence-corrected chi connectivity index (χ2v) is 5.77. The monoisotopic (exact) mass is 395 g/mol. The minimum Gasteiger partial charge on any atom is -0.481 e. The highest BCUT2D eigenvalue weighted by Crippen LogP contribution is 2.31. The van der Waals surface area contributed by atoms with Crippen LogP contribution < -0.4 is 10.3 Å². The van der Waals surface area contributed by atoms with Crippen molar-refractivity contribution in [3.63, 3.8) is 0 Å². The normalized spacial score (nSPS) is 10.1.